The van der Waals surface area contributed by atoms with Crippen molar-refractivity contribution in [2.24, 2.45) is 5.92 Å². The van der Waals surface area contributed by atoms with E-state index in [0.717, 1.165) is 5.92 Å². The van der Waals surface area contributed by atoms with Gasteiger partial charge in [-0.15, -0.1) is 0 Å². The first-order chi connectivity index (χ1) is 10.3. The molecule has 128 valence electrons. The zero-order valence-electron chi connectivity index (χ0n) is 15.6. The van der Waals surface area contributed by atoms with Gasteiger partial charge in [0.25, 0.3) is 0 Å². The first-order valence-corrected chi connectivity index (χ1v) is 10.3. The van der Waals surface area contributed by atoms with E-state index in [4.69, 9.17) is 0 Å². The Balaban J connectivity index is 3.10. The maximum Gasteiger partial charge on any atom is -0.0443 e. The Kier molecular flexibility index (Phi) is 18.1. The molecular formula is C21H44. The van der Waals surface area contributed by atoms with Gasteiger partial charge in [-0.3, -0.25) is 0 Å². The first kappa shape index (κ1) is 21.0. The monoisotopic (exact) mass is 296 g/mol. The molecule has 21 heavy (non-hydrogen) atoms. The van der Waals surface area contributed by atoms with Gasteiger partial charge in [-0.2, -0.15) is 0 Å². The normalized spacial score (nSPS) is 12.7. The Morgan fingerprint density at radius 3 is 1.05 bits per heavy atom. The largest absolute Gasteiger partial charge is 0.0654 e. The summed E-state index contributed by atoms with van der Waals surface area (Å²) in [5, 5.41) is 0. The molecule has 0 aliphatic carbocycles. The standard InChI is InChI=1S/C21H44/c1-4-6-8-10-12-13-14-16-18-20-21(3)19-17-15-11-9-7-5-2/h21H,4-20H2,1-3H3/t21-/m1/s1. The van der Waals surface area contributed by atoms with Gasteiger partial charge < -0.3 is 0 Å². The zero-order chi connectivity index (χ0) is 15.6. The number of unbranched alkanes of at least 4 members (excludes halogenated alkanes) is 13. The lowest BCUT2D eigenvalue weighted by atomic mass is 9.96. The highest BCUT2D eigenvalue weighted by Crippen LogP contribution is 2.18. The van der Waals surface area contributed by atoms with E-state index in [1.165, 1.54) is 109 Å². The van der Waals surface area contributed by atoms with Crippen molar-refractivity contribution in [3.63, 3.8) is 0 Å². The van der Waals surface area contributed by atoms with Crippen LogP contribution in [-0.4, -0.2) is 0 Å². The molecule has 0 aromatic rings. The van der Waals surface area contributed by atoms with E-state index < -0.39 is 0 Å². The Labute approximate surface area is 136 Å². The topological polar surface area (TPSA) is 0 Å². The summed E-state index contributed by atoms with van der Waals surface area (Å²) < 4.78 is 0. The van der Waals surface area contributed by atoms with Crippen molar-refractivity contribution in [3.8, 4) is 0 Å². The van der Waals surface area contributed by atoms with Crippen LogP contribution in [0.1, 0.15) is 130 Å². The molecule has 0 N–H and O–H groups in total. The molecule has 0 saturated heterocycles. The summed E-state index contributed by atoms with van der Waals surface area (Å²) in [4.78, 5) is 0. The van der Waals surface area contributed by atoms with Gasteiger partial charge in [-0.1, -0.05) is 130 Å². The quantitative estimate of drug-likeness (QED) is 0.237. The van der Waals surface area contributed by atoms with Crippen LogP contribution >= 0.6 is 0 Å². The van der Waals surface area contributed by atoms with Crippen LogP contribution in [0.3, 0.4) is 0 Å². The van der Waals surface area contributed by atoms with E-state index in [2.05, 4.69) is 20.8 Å². The van der Waals surface area contributed by atoms with Gasteiger partial charge in [0, 0.05) is 0 Å². The number of rotatable bonds is 17. The lowest BCUT2D eigenvalue weighted by molar-refractivity contribution is 0.431. The van der Waals surface area contributed by atoms with Crippen LogP contribution in [0.5, 0.6) is 0 Å². The van der Waals surface area contributed by atoms with Crippen LogP contribution in [0.15, 0.2) is 0 Å². The second-order valence-electron chi connectivity index (χ2n) is 7.28. The van der Waals surface area contributed by atoms with Crippen molar-refractivity contribution < 1.29 is 0 Å². The van der Waals surface area contributed by atoms with Crippen molar-refractivity contribution in [3.05, 3.63) is 0 Å². The fraction of sp³-hybridized carbons (Fsp3) is 1.00. The highest BCUT2D eigenvalue weighted by molar-refractivity contribution is 4.56. The molecule has 0 aromatic carbocycles. The molecule has 0 aromatic heterocycles. The van der Waals surface area contributed by atoms with Crippen molar-refractivity contribution >= 4 is 0 Å². The summed E-state index contributed by atoms with van der Waals surface area (Å²) >= 11 is 0. The van der Waals surface area contributed by atoms with E-state index in [1.807, 2.05) is 0 Å². The Hall–Kier alpha value is 0. The Bertz CT molecular complexity index is 173. The molecule has 0 spiro atoms. The minimum Gasteiger partial charge on any atom is -0.0654 e. The third kappa shape index (κ3) is 18.0. The van der Waals surface area contributed by atoms with Gasteiger partial charge in [0.15, 0.2) is 0 Å². The summed E-state index contributed by atoms with van der Waals surface area (Å²) in [6.45, 7) is 7.07. The summed E-state index contributed by atoms with van der Waals surface area (Å²) in [6, 6.07) is 0. The van der Waals surface area contributed by atoms with Crippen LogP contribution in [0.25, 0.3) is 0 Å². The molecule has 0 fully saturated rings. The van der Waals surface area contributed by atoms with E-state index in [-0.39, 0.29) is 0 Å². The molecule has 0 rings (SSSR count). The molecule has 0 nitrogen and oxygen atoms in total. The lowest BCUT2D eigenvalue weighted by Gasteiger charge is -2.11. The minimum atomic E-state index is 0.973. The Morgan fingerprint density at radius 1 is 0.429 bits per heavy atom. The molecule has 0 heteroatoms. The molecule has 0 unspecified atom stereocenters. The van der Waals surface area contributed by atoms with E-state index >= 15 is 0 Å². The predicted octanol–water partition coefficient (Wildman–Crippen LogP) is 8.29. The van der Waals surface area contributed by atoms with Crippen molar-refractivity contribution in [1.82, 2.24) is 0 Å². The number of hydrogen-bond acceptors (Lipinski definition) is 0. The fourth-order valence-electron chi connectivity index (χ4n) is 3.22. The van der Waals surface area contributed by atoms with Crippen LogP contribution in [0.2, 0.25) is 0 Å². The second kappa shape index (κ2) is 18.1. The van der Waals surface area contributed by atoms with Crippen molar-refractivity contribution in [2.45, 2.75) is 130 Å². The summed E-state index contributed by atoms with van der Waals surface area (Å²) in [6.07, 6.45) is 24.8. The maximum atomic E-state index is 2.47. The molecule has 0 bridgehead atoms. The molecular weight excluding hydrogens is 252 g/mol. The predicted molar refractivity (Wildman–Crippen MR) is 99.0 cm³/mol. The molecule has 0 radical (unpaired) electrons. The molecule has 0 aliphatic rings. The zero-order valence-corrected chi connectivity index (χ0v) is 15.6. The first-order valence-electron chi connectivity index (χ1n) is 10.3. The van der Waals surface area contributed by atoms with Gasteiger partial charge in [0.1, 0.15) is 0 Å². The summed E-state index contributed by atoms with van der Waals surface area (Å²) in [7, 11) is 0. The van der Waals surface area contributed by atoms with Crippen LogP contribution in [-0.2, 0) is 0 Å². The van der Waals surface area contributed by atoms with Crippen molar-refractivity contribution in [1.29, 1.82) is 0 Å². The maximum absolute atomic E-state index is 2.47. The third-order valence-corrected chi connectivity index (χ3v) is 4.85. The fourth-order valence-corrected chi connectivity index (χ4v) is 3.22. The van der Waals surface area contributed by atoms with Gasteiger partial charge in [0.05, 0.1) is 0 Å². The highest BCUT2D eigenvalue weighted by Gasteiger charge is 2.02. The average Bonchev–Trinajstić information content (AvgIpc) is 2.49. The SMILES string of the molecule is CCCCCCCCCCC[C@H](C)CCCCCCCC. The average molecular weight is 297 g/mol. The van der Waals surface area contributed by atoms with Crippen molar-refractivity contribution in [2.75, 3.05) is 0 Å². The lowest BCUT2D eigenvalue weighted by Crippen LogP contribution is -1.95. The molecule has 0 saturated carbocycles. The van der Waals surface area contributed by atoms with Crippen LogP contribution in [0.4, 0.5) is 0 Å². The van der Waals surface area contributed by atoms with Gasteiger partial charge in [-0.05, 0) is 5.92 Å². The number of hydrogen-bond donors (Lipinski definition) is 0. The van der Waals surface area contributed by atoms with Crippen LogP contribution < -0.4 is 0 Å². The van der Waals surface area contributed by atoms with Gasteiger partial charge >= 0.3 is 0 Å². The molecule has 0 aliphatic heterocycles. The van der Waals surface area contributed by atoms with E-state index in [0.29, 0.717) is 0 Å². The minimum absolute atomic E-state index is 0.973. The van der Waals surface area contributed by atoms with Gasteiger partial charge in [0.2, 0.25) is 0 Å². The van der Waals surface area contributed by atoms with Gasteiger partial charge in [-0.25, -0.2) is 0 Å². The molecule has 0 heterocycles. The van der Waals surface area contributed by atoms with E-state index in [9.17, 15) is 0 Å². The smallest absolute Gasteiger partial charge is 0.0443 e. The second-order valence-corrected chi connectivity index (χ2v) is 7.28. The molecule has 1 atom stereocenters. The van der Waals surface area contributed by atoms with Crippen LogP contribution in [0, 0.1) is 5.92 Å². The summed E-state index contributed by atoms with van der Waals surface area (Å²) in [5.74, 6) is 0.973. The third-order valence-electron chi connectivity index (χ3n) is 4.85. The Morgan fingerprint density at radius 2 is 0.714 bits per heavy atom. The molecule has 0 amide bonds. The highest BCUT2D eigenvalue weighted by atomic mass is 14.1. The summed E-state index contributed by atoms with van der Waals surface area (Å²) in [5.41, 5.74) is 0. The van der Waals surface area contributed by atoms with E-state index in [1.54, 1.807) is 0 Å².